The number of halogens is 1. The van der Waals surface area contributed by atoms with Crippen LogP contribution in [0.5, 0.6) is 0 Å². The van der Waals surface area contributed by atoms with Gasteiger partial charge < -0.3 is 10.2 Å². The van der Waals surface area contributed by atoms with Crippen molar-refractivity contribution in [3.8, 4) is 0 Å². The Kier molecular flexibility index (Phi) is 5.69. The van der Waals surface area contributed by atoms with E-state index in [1.54, 1.807) is 0 Å². The van der Waals surface area contributed by atoms with E-state index in [0.717, 1.165) is 18.1 Å². The second kappa shape index (κ2) is 6.62. The summed E-state index contributed by atoms with van der Waals surface area (Å²) in [5.41, 5.74) is 2.63. The molecule has 0 aromatic heterocycles. The highest BCUT2D eigenvalue weighted by molar-refractivity contribution is 6.31. The van der Waals surface area contributed by atoms with Crippen LogP contribution in [0.4, 0.5) is 5.69 Å². The third kappa shape index (κ3) is 4.12. The Morgan fingerprint density at radius 2 is 1.95 bits per heavy atom. The minimum Gasteiger partial charge on any atom is -0.371 e. The van der Waals surface area contributed by atoms with Crippen LogP contribution in [0.3, 0.4) is 0 Å². The van der Waals surface area contributed by atoms with Crippen molar-refractivity contribution < 1.29 is 0 Å². The van der Waals surface area contributed by atoms with E-state index in [4.69, 9.17) is 11.6 Å². The molecule has 0 fully saturated rings. The Balaban J connectivity index is 3.08. The van der Waals surface area contributed by atoms with Crippen LogP contribution >= 0.6 is 11.6 Å². The van der Waals surface area contributed by atoms with Crippen LogP contribution in [0.1, 0.15) is 40.2 Å². The highest BCUT2D eigenvalue weighted by Crippen LogP contribution is 2.32. The highest BCUT2D eigenvalue weighted by Gasteiger charge is 2.25. The molecular weight excluding hydrogens is 256 g/mol. The van der Waals surface area contributed by atoms with E-state index in [-0.39, 0.29) is 5.41 Å². The zero-order valence-corrected chi connectivity index (χ0v) is 13.8. The van der Waals surface area contributed by atoms with Crippen LogP contribution < -0.4 is 10.2 Å². The van der Waals surface area contributed by atoms with Gasteiger partial charge >= 0.3 is 0 Å². The zero-order chi connectivity index (χ0) is 14.6. The number of hydrogen-bond acceptors (Lipinski definition) is 2. The van der Waals surface area contributed by atoms with E-state index in [9.17, 15) is 0 Å². The monoisotopic (exact) mass is 282 g/mol. The minimum atomic E-state index is 0.229. The predicted octanol–water partition coefficient (Wildman–Crippen LogP) is 4.32. The fraction of sp³-hybridized carbons (Fsp3) is 0.625. The average Bonchev–Trinajstić information content (AvgIpc) is 2.34. The largest absolute Gasteiger partial charge is 0.371 e. The van der Waals surface area contributed by atoms with Crippen molar-refractivity contribution in [2.75, 3.05) is 18.5 Å². The molecule has 1 aromatic carbocycles. The molecule has 0 bridgehead atoms. The van der Waals surface area contributed by atoms with Crippen LogP contribution in [0.25, 0.3) is 0 Å². The molecule has 3 heteroatoms. The van der Waals surface area contributed by atoms with Gasteiger partial charge in [0, 0.05) is 35.9 Å². The Bertz CT molecular complexity index is 410. The van der Waals surface area contributed by atoms with Crippen molar-refractivity contribution in [1.29, 1.82) is 0 Å². The number of anilines is 1. The predicted molar refractivity (Wildman–Crippen MR) is 86.2 cm³/mol. The van der Waals surface area contributed by atoms with Gasteiger partial charge in [0.1, 0.15) is 0 Å². The summed E-state index contributed by atoms with van der Waals surface area (Å²) in [6.07, 6.45) is 0. The van der Waals surface area contributed by atoms with Crippen LogP contribution in [-0.4, -0.2) is 19.6 Å². The summed E-state index contributed by atoms with van der Waals surface area (Å²) >= 11 is 6.36. The summed E-state index contributed by atoms with van der Waals surface area (Å²) in [7, 11) is 2.15. The molecule has 1 aromatic rings. The number of rotatable bonds is 5. The maximum absolute atomic E-state index is 6.36. The smallest absolute Gasteiger partial charge is 0.0471 e. The summed E-state index contributed by atoms with van der Waals surface area (Å²) < 4.78 is 0. The van der Waals surface area contributed by atoms with E-state index in [1.165, 1.54) is 11.3 Å². The molecule has 0 heterocycles. The lowest BCUT2D eigenvalue weighted by molar-refractivity contribution is 0.329. The first-order valence-corrected chi connectivity index (χ1v) is 7.37. The number of hydrogen-bond donors (Lipinski definition) is 1. The Morgan fingerprint density at radius 1 is 1.32 bits per heavy atom. The standard InChI is InChI=1S/C16H27ClN2/c1-7-18-11-13-14(17)9-8-10-15(13)19(6)12(2)16(3,4)5/h8-10,12,18H,7,11H2,1-6H3. The van der Waals surface area contributed by atoms with Crippen molar-refractivity contribution in [2.45, 2.75) is 47.2 Å². The van der Waals surface area contributed by atoms with E-state index in [1.807, 2.05) is 12.1 Å². The average molecular weight is 283 g/mol. The van der Waals surface area contributed by atoms with Gasteiger partial charge in [-0.3, -0.25) is 0 Å². The maximum Gasteiger partial charge on any atom is 0.0471 e. The molecule has 1 atom stereocenters. The number of benzene rings is 1. The van der Waals surface area contributed by atoms with Crippen LogP contribution in [-0.2, 0) is 6.54 Å². The zero-order valence-electron chi connectivity index (χ0n) is 13.0. The Hall–Kier alpha value is -0.730. The van der Waals surface area contributed by atoms with E-state index in [2.05, 4.69) is 57.9 Å². The van der Waals surface area contributed by atoms with Gasteiger partial charge in [-0.15, -0.1) is 0 Å². The van der Waals surface area contributed by atoms with Crippen LogP contribution in [0.2, 0.25) is 5.02 Å². The summed E-state index contributed by atoms with van der Waals surface area (Å²) in [6.45, 7) is 12.9. The van der Waals surface area contributed by atoms with Crippen LogP contribution in [0.15, 0.2) is 18.2 Å². The SMILES string of the molecule is CCNCc1c(Cl)cccc1N(C)C(C)C(C)(C)C. The molecule has 0 spiro atoms. The Morgan fingerprint density at radius 3 is 2.47 bits per heavy atom. The third-order valence-corrected chi connectivity index (χ3v) is 4.21. The molecular formula is C16H27ClN2. The molecule has 19 heavy (non-hydrogen) atoms. The second-order valence-electron chi connectivity index (χ2n) is 6.17. The molecule has 0 saturated heterocycles. The van der Waals surface area contributed by atoms with Gasteiger partial charge in [0.2, 0.25) is 0 Å². The van der Waals surface area contributed by atoms with Crippen molar-refractivity contribution in [3.05, 3.63) is 28.8 Å². The first kappa shape index (κ1) is 16.3. The molecule has 1 unspecified atom stereocenters. The van der Waals surface area contributed by atoms with Gasteiger partial charge in [0.05, 0.1) is 0 Å². The molecule has 0 saturated carbocycles. The summed E-state index contributed by atoms with van der Waals surface area (Å²) in [5, 5.41) is 4.21. The van der Waals surface area contributed by atoms with E-state index in [0.29, 0.717) is 6.04 Å². The molecule has 108 valence electrons. The first-order valence-electron chi connectivity index (χ1n) is 7.00. The molecule has 0 aliphatic rings. The molecule has 0 radical (unpaired) electrons. The van der Waals surface area contributed by atoms with Gasteiger partial charge in [0.25, 0.3) is 0 Å². The number of nitrogens with one attached hydrogen (secondary N) is 1. The number of nitrogens with zero attached hydrogens (tertiary/aromatic N) is 1. The van der Waals surface area contributed by atoms with E-state index < -0.39 is 0 Å². The molecule has 0 aliphatic carbocycles. The first-order chi connectivity index (χ1) is 8.79. The quantitative estimate of drug-likeness (QED) is 0.865. The molecule has 0 aliphatic heterocycles. The van der Waals surface area contributed by atoms with Gasteiger partial charge in [0.15, 0.2) is 0 Å². The lowest BCUT2D eigenvalue weighted by Crippen LogP contribution is -2.40. The molecule has 0 amide bonds. The summed E-state index contributed by atoms with van der Waals surface area (Å²) in [4.78, 5) is 2.33. The maximum atomic E-state index is 6.36. The lowest BCUT2D eigenvalue weighted by Gasteiger charge is -2.38. The molecule has 1 rings (SSSR count). The summed E-state index contributed by atoms with van der Waals surface area (Å²) in [5.74, 6) is 0. The normalized spacial score (nSPS) is 13.4. The van der Waals surface area contributed by atoms with Crippen molar-refractivity contribution in [3.63, 3.8) is 0 Å². The van der Waals surface area contributed by atoms with Crippen molar-refractivity contribution in [2.24, 2.45) is 5.41 Å². The van der Waals surface area contributed by atoms with Gasteiger partial charge in [-0.1, -0.05) is 45.4 Å². The van der Waals surface area contributed by atoms with Gasteiger partial charge in [-0.2, -0.15) is 0 Å². The lowest BCUT2D eigenvalue weighted by atomic mass is 9.86. The minimum absolute atomic E-state index is 0.229. The Labute approximate surface area is 123 Å². The van der Waals surface area contributed by atoms with E-state index >= 15 is 0 Å². The second-order valence-corrected chi connectivity index (χ2v) is 6.58. The topological polar surface area (TPSA) is 15.3 Å². The molecule has 1 N–H and O–H groups in total. The van der Waals surface area contributed by atoms with Gasteiger partial charge in [-0.25, -0.2) is 0 Å². The van der Waals surface area contributed by atoms with Crippen LogP contribution in [0, 0.1) is 5.41 Å². The van der Waals surface area contributed by atoms with Crippen molar-refractivity contribution >= 4 is 17.3 Å². The fourth-order valence-corrected chi connectivity index (χ4v) is 2.33. The van der Waals surface area contributed by atoms with Crippen molar-refractivity contribution in [1.82, 2.24) is 5.32 Å². The fourth-order valence-electron chi connectivity index (χ4n) is 2.09. The summed E-state index contributed by atoms with van der Waals surface area (Å²) in [6, 6.07) is 6.58. The molecule has 2 nitrogen and oxygen atoms in total. The van der Waals surface area contributed by atoms with Gasteiger partial charge in [-0.05, 0) is 31.0 Å². The highest BCUT2D eigenvalue weighted by atomic mass is 35.5. The third-order valence-electron chi connectivity index (χ3n) is 3.86.